The molecule has 100 valence electrons. The van der Waals surface area contributed by atoms with Crippen LogP contribution in [0.3, 0.4) is 0 Å². The minimum Gasteiger partial charge on any atom is -0.367 e. The highest BCUT2D eigenvalue weighted by molar-refractivity contribution is 6.32. The molecule has 0 amide bonds. The first-order valence-corrected chi connectivity index (χ1v) is 5.98. The number of nitrogens with two attached hydrogens (primary N) is 1. The van der Waals surface area contributed by atoms with E-state index in [1.54, 1.807) is 0 Å². The third kappa shape index (κ3) is 3.26. The molecule has 18 heavy (non-hydrogen) atoms. The van der Waals surface area contributed by atoms with Gasteiger partial charge in [0, 0.05) is 18.8 Å². The second kappa shape index (κ2) is 4.93. The van der Waals surface area contributed by atoms with Gasteiger partial charge in [-0.2, -0.15) is 13.2 Å². The van der Waals surface area contributed by atoms with Gasteiger partial charge in [-0.15, -0.1) is 0 Å². The lowest BCUT2D eigenvalue weighted by atomic mass is 10.2. The van der Waals surface area contributed by atoms with Gasteiger partial charge in [0.05, 0.1) is 10.6 Å². The number of rotatable bonds is 4. The minimum atomic E-state index is -4.43. The summed E-state index contributed by atoms with van der Waals surface area (Å²) >= 11 is 5.75. The number of pyridine rings is 1. The van der Waals surface area contributed by atoms with E-state index in [1.807, 2.05) is 0 Å². The number of nitrogens with zero attached hydrogens (tertiary/aromatic N) is 1. The molecule has 2 rings (SSSR count). The van der Waals surface area contributed by atoms with Crippen molar-refractivity contribution in [2.24, 2.45) is 11.7 Å². The van der Waals surface area contributed by atoms with Crippen molar-refractivity contribution in [3.8, 4) is 0 Å². The van der Waals surface area contributed by atoms with Gasteiger partial charge in [0.2, 0.25) is 0 Å². The maximum atomic E-state index is 12.4. The summed E-state index contributed by atoms with van der Waals surface area (Å²) in [6.45, 7) is 0.461. The lowest BCUT2D eigenvalue weighted by Gasteiger charge is -2.14. The molecule has 0 radical (unpaired) electrons. The van der Waals surface area contributed by atoms with Gasteiger partial charge in [0.25, 0.3) is 0 Å². The van der Waals surface area contributed by atoms with Crippen LogP contribution >= 0.6 is 11.6 Å². The third-order valence-electron chi connectivity index (χ3n) is 2.90. The van der Waals surface area contributed by atoms with Crippen LogP contribution in [-0.4, -0.2) is 17.6 Å². The Kier molecular flexibility index (Phi) is 3.68. The van der Waals surface area contributed by atoms with Crippen molar-refractivity contribution in [2.45, 2.75) is 25.1 Å². The highest BCUT2D eigenvalue weighted by Crippen LogP contribution is 2.33. The smallest absolute Gasteiger partial charge is 0.367 e. The van der Waals surface area contributed by atoms with Crippen molar-refractivity contribution >= 4 is 17.4 Å². The van der Waals surface area contributed by atoms with Crippen LogP contribution in [0.4, 0.5) is 19.0 Å². The Labute approximate surface area is 108 Å². The van der Waals surface area contributed by atoms with Crippen LogP contribution in [0.5, 0.6) is 0 Å². The molecular weight excluding hydrogens is 267 g/mol. The van der Waals surface area contributed by atoms with Gasteiger partial charge < -0.3 is 11.1 Å². The predicted molar refractivity (Wildman–Crippen MR) is 63.4 cm³/mol. The molecule has 1 unspecified atom stereocenters. The summed E-state index contributed by atoms with van der Waals surface area (Å²) in [7, 11) is 0. The first kappa shape index (κ1) is 13.4. The molecule has 1 saturated carbocycles. The van der Waals surface area contributed by atoms with Gasteiger partial charge in [-0.25, -0.2) is 4.98 Å². The van der Waals surface area contributed by atoms with Crippen molar-refractivity contribution in [3.63, 3.8) is 0 Å². The maximum Gasteiger partial charge on any atom is 0.417 e. The van der Waals surface area contributed by atoms with Crippen LogP contribution < -0.4 is 11.1 Å². The normalized spacial score (nSPS) is 17.6. The largest absolute Gasteiger partial charge is 0.417 e. The lowest BCUT2D eigenvalue weighted by Crippen LogP contribution is -2.31. The number of anilines is 1. The third-order valence-corrected chi connectivity index (χ3v) is 3.19. The Hall–Kier alpha value is -1.01. The van der Waals surface area contributed by atoms with Gasteiger partial charge in [-0.05, 0) is 24.8 Å². The molecule has 1 aliphatic rings. The lowest BCUT2D eigenvalue weighted by molar-refractivity contribution is -0.137. The fourth-order valence-electron chi connectivity index (χ4n) is 1.63. The van der Waals surface area contributed by atoms with E-state index in [-0.39, 0.29) is 16.9 Å². The van der Waals surface area contributed by atoms with Gasteiger partial charge >= 0.3 is 6.18 Å². The predicted octanol–water partition coefficient (Wildman–Crippen LogP) is 2.90. The van der Waals surface area contributed by atoms with E-state index in [0.717, 1.165) is 25.1 Å². The number of hydrogen-bond donors (Lipinski definition) is 2. The van der Waals surface area contributed by atoms with E-state index in [4.69, 9.17) is 17.3 Å². The number of aromatic nitrogens is 1. The Bertz CT molecular complexity index is 432. The number of nitrogens with one attached hydrogen (secondary N) is 1. The molecule has 3 nitrogen and oxygen atoms in total. The standard InChI is InChI=1S/C11H13ClF3N3/c12-8-3-7(11(13,14)15)4-17-10(8)18-5-9(16)6-1-2-6/h3-4,6,9H,1-2,5,16H2,(H,17,18). The van der Waals surface area contributed by atoms with E-state index in [9.17, 15) is 13.2 Å². The molecule has 0 spiro atoms. The molecule has 1 fully saturated rings. The van der Waals surface area contributed by atoms with Crippen molar-refractivity contribution in [1.29, 1.82) is 0 Å². The Morgan fingerprint density at radius 3 is 2.67 bits per heavy atom. The summed E-state index contributed by atoms with van der Waals surface area (Å²) in [6, 6.07) is 0.852. The van der Waals surface area contributed by atoms with Gasteiger partial charge in [-0.1, -0.05) is 11.6 Å². The Morgan fingerprint density at radius 1 is 1.50 bits per heavy atom. The molecule has 3 N–H and O–H groups in total. The van der Waals surface area contributed by atoms with Crippen molar-refractivity contribution in [3.05, 3.63) is 22.8 Å². The summed E-state index contributed by atoms with van der Waals surface area (Å²) in [5.41, 5.74) is 5.01. The second-order valence-corrected chi connectivity index (χ2v) is 4.84. The zero-order chi connectivity index (χ0) is 13.3. The minimum absolute atomic E-state index is 0.00911. The summed E-state index contributed by atoms with van der Waals surface area (Å²) < 4.78 is 37.2. The molecule has 7 heteroatoms. The average Bonchev–Trinajstić information content (AvgIpc) is 3.09. The number of hydrogen-bond acceptors (Lipinski definition) is 3. The zero-order valence-corrected chi connectivity index (χ0v) is 10.2. The highest BCUT2D eigenvalue weighted by Gasteiger charge is 2.32. The molecule has 0 aliphatic heterocycles. The number of halogens is 4. The zero-order valence-electron chi connectivity index (χ0n) is 9.47. The molecule has 1 aromatic heterocycles. The molecule has 1 heterocycles. The average molecular weight is 280 g/mol. The van der Waals surface area contributed by atoms with Crippen molar-refractivity contribution < 1.29 is 13.2 Å². The van der Waals surface area contributed by atoms with Crippen LogP contribution in [0.1, 0.15) is 18.4 Å². The first-order chi connectivity index (χ1) is 8.38. The van der Waals surface area contributed by atoms with E-state index in [2.05, 4.69) is 10.3 Å². The first-order valence-electron chi connectivity index (χ1n) is 5.60. The van der Waals surface area contributed by atoms with Crippen LogP contribution in [0, 0.1) is 5.92 Å². The molecule has 0 bridgehead atoms. The SMILES string of the molecule is NC(CNc1ncc(C(F)(F)F)cc1Cl)C1CC1. The highest BCUT2D eigenvalue weighted by atomic mass is 35.5. The van der Waals surface area contributed by atoms with Crippen LogP contribution in [-0.2, 0) is 6.18 Å². The van der Waals surface area contributed by atoms with E-state index in [0.29, 0.717) is 12.5 Å². The summed E-state index contributed by atoms with van der Waals surface area (Å²) in [5, 5.41) is 2.83. The van der Waals surface area contributed by atoms with Crippen LogP contribution in [0.2, 0.25) is 5.02 Å². The molecule has 1 aromatic rings. The Balaban J connectivity index is 2.00. The Morgan fingerprint density at radius 2 is 2.17 bits per heavy atom. The molecular formula is C11H13ClF3N3. The van der Waals surface area contributed by atoms with E-state index >= 15 is 0 Å². The van der Waals surface area contributed by atoms with Gasteiger partial charge in [-0.3, -0.25) is 0 Å². The van der Waals surface area contributed by atoms with Gasteiger partial charge in [0.15, 0.2) is 0 Å². The summed E-state index contributed by atoms with van der Waals surface area (Å²) in [4.78, 5) is 3.68. The second-order valence-electron chi connectivity index (χ2n) is 4.43. The monoisotopic (exact) mass is 279 g/mol. The maximum absolute atomic E-state index is 12.4. The quantitative estimate of drug-likeness (QED) is 0.891. The van der Waals surface area contributed by atoms with Crippen LogP contribution in [0.15, 0.2) is 12.3 Å². The molecule has 1 aliphatic carbocycles. The van der Waals surface area contributed by atoms with E-state index in [1.165, 1.54) is 0 Å². The fourth-order valence-corrected chi connectivity index (χ4v) is 1.86. The summed E-state index contributed by atoms with van der Waals surface area (Å²) in [6.07, 6.45) is -1.45. The topological polar surface area (TPSA) is 50.9 Å². The van der Waals surface area contributed by atoms with E-state index < -0.39 is 11.7 Å². The van der Waals surface area contributed by atoms with Crippen molar-refractivity contribution in [2.75, 3.05) is 11.9 Å². The van der Waals surface area contributed by atoms with Crippen LogP contribution in [0.25, 0.3) is 0 Å². The molecule has 1 atom stereocenters. The molecule has 0 aromatic carbocycles. The number of alkyl halides is 3. The summed E-state index contributed by atoms with van der Waals surface area (Å²) in [5.74, 6) is 0.742. The van der Waals surface area contributed by atoms with Gasteiger partial charge in [0.1, 0.15) is 5.82 Å². The molecule has 0 saturated heterocycles. The van der Waals surface area contributed by atoms with Crippen molar-refractivity contribution in [1.82, 2.24) is 4.98 Å². The fraction of sp³-hybridized carbons (Fsp3) is 0.545.